The van der Waals surface area contributed by atoms with E-state index in [1.54, 1.807) is 59.9 Å². The first-order valence-electron chi connectivity index (χ1n) is 12.5. The zero-order chi connectivity index (χ0) is 29.0. The van der Waals surface area contributed by atoms with Crippen LogP contribution >= 0.6 is 0 Å². The molecule has 0 radical (unpaired) electrons. The summed E-state index contributed by atoms with van der Waals surface area (Å²) in [4.78, 5) is 40.4. The van der Waals surface area contributed by atoms with Crippen molar-refractivity contribution in [3.63, 3.8) is 0 Å². The average molecular weight is 543 g/mol. The molecule has 1 heterocycles. The summed E-state index contributed by atoms with van der Waals surface area (Å²) < 4.78 is 29.8. The van der Waals surface area contributed by atoms with Crippen LogP contribution < -0.4 is 5.32 Å². The van der Waals surface area contributed by atoms with E-state index in [-0.39, 0.29) is 6.42 Å². The van der Waals surface area contributed by atoms with Crippen molar-refractivity contribution in [2.45, 2.75) is 71.2 Å². The van der Waals surface area contributed by atoms with Crippen LogP contribution in [0.1, 0.15) is 59.6 Å². The maximum absolute atomic E-state index is 13.8. The molecular formula is C28H35FN4O6. The SMILES string of the molecule is COC(=O)[C@H](C[C@H](Nc1cccc2[nH]ncc12)c1ccc(F)cc1)N(C(=O)OC(C)(C)C)C(=O)OC(C)(C)C. The van der Waals surface area contributed by atoms with Gasteiger partial charge in [0, 0.05) is 17.5 Å². The minimum absolute atomic E-state index is 0.148. The van der Waals surface area contributed by atoms with Gasteiger partial charge in [-0.2, -0.15) is 10.00 Å². The summed E-state index contributed by atoms with van der Waals surface area (Å²) in [7, 11) is 1.16. The van der Waals surface area contributed by atoms with Crippen molar-refractivity contribution in [2.24, 2.45) is 0 Å². The van der Waals surface area contributed by atoms with Gasteiger partial charge in [0.05, 0.1) is 24.9 Å². The van der Waals surface area contributed by atoms with Gasteiger partial charge in [0.25, 0.3) is 0 Å². The van der Waals surface area contributed by atoms with E-state index in [9.17, 15) is 18.8 Å². The van der Waals surface area contributed by atoms with Crippen LogP contribution in [0.15, 0.2) is 48.7 Å². The van der Waals surface area contributed by atoms with Crippen LogP contribution in [0.3, 0.4) is 0 Å². The molecule has 2 atom stereocenters. The number of hydrogen-bond donors (Lipinski definition) is 2. The third kappa shape index (κ3) is 7.92. The maximum Gasteiger partial charge on any atom is 0.420 e. The molecule has 0 aliphatic heterocycles. The first kappa shape index (κ1) is 29.4. The number of amides is 2. The summed E-state index contributed by atoms with van der Waals surface area (Å²) >= 11 is 0. The molecule has 210 valence electrons. The van der Waals surface area contributed by atoms with Gasteiger partial charge in [-0.05, 0) is 71.4 Å². The topological polar surface area (TPSA) is 123 Å². The number of methoxy groups -OCH3 is 1. The lowest BCUT2D eigenvalue weighted by Crippen LogP contribution is -2.53. The Morgan fingerprint density at radius 2 is 1.56 bits per heavy atom. The molecule has 0 unspecified atom stereocenters. The molecule has 0 aliphatic rings. The predicted molar refractivity (Wildman–Crippen MR) is 144 cm³/mol. The normalized spacial score (nSPS) is 13.3. The van der Waals surface area contributed by atoms with E-state index < -0.39 is 47.3 Å². The fourth-order valence-corrected chi connectivity index (χ4v) is 3.87. The van der Waals surface area contributed by atoms with Crippen LogP contribution in [0.4, 0.5) is 19.7 Å². The fourth-order valence-electron chi connectivity index (χ4n) is 3.87. The lowest BCUT2D eigenvalue weighted by atomic mass is 9.97. The molecule has 0 saturated carbocycles. The highest BCUT2D eigenvalue weighted by Gasteiger charge is 2.42. The monoisotopic (exact) mass is 542 g/mol. The fraction of sp³-hybridized carbons (Fsp3) is 0.429. The number of imide groups is 1. The lowest BCUT2D eigenvalue weighted by molar-refractivity contribution is -0.147. The van der Waals surface area contributed by atoms with E-state index in [1.165, 1.54) is 12.1 Å². The maximum atomic E-state index is 13.8. The Morgan fingerprint density at radius 3 is 2.10 bits per heavy atom. The Hall–Kier alpha value is -4.15. The highest BCUT2D eigenvalue weighted by molar-refractivity contribution is 5.94. The number of carbonyl (C=O) groups is 3. The molecule has 3 rings (SSSR count). The van der Waals surface area contributed by atoms with E-state index in [0.717, 1.165) is 18.0 Å². The molecule has 0 fully saturated rings. The number of anilines is 1. The number of ether oxygens (including phenoxy) is 3. The molecule has 0 bridgehead atoms. The second-order valence-electron chi connectivity index (χ2n) is 11.0. The zero-order valence-corrected chi connectivity index (χ0v) is 23.2. The minimum atomic E-state index is -1.45. The van der Waals surface area contributed by atoms with Crippen molar-refractivity contribution in [1.82, 2.24) is 15.1 Å². The Balaban J connectivity index is 2.08. The van der Waals surface area contributed by atoms with Crippen LogP contribution in [0.2, 0.25) is 0 Å². The highest BCUT2D eigenvalue weighted by atomic mass is 19.1. The van der Waals surface area contributed by atoms with Crippen LogP contribution in [0, 0.1) is 5.82 Å². The number of aromatic amines is 1. The average Bonchev–Trinajstić information content (AvgIpc) is 3.30. The van der Waals surface area contributed by atoms with Crippen LogP contribution in [0.25, 0.3) is 10.9 Å². The van der Waals surface area contributed by atoms with Crippen molar-refractivity contribution < 1.29 is 33.0 Å². The van der Waals surface area contributed by atoms with E-state index in [4.69, 9.17) is 14.2 Å². The standard InChI is InChI=1S/C28H35FN4O6/c1-27(2,3)38-25(35)33(26(36)39-28(4,5)6)23(24(34)37-7)15-22(17-11-13-18(29)14-12-17)31-20-9-8-10-21-19(20)16-30-32-21/h8-14,16,22-23,31H,15H2,1-7H3,(H,30,32)/t22-,23-/m0/s1. The summed E-state index contributed by atoms with van der Waals surface area (Å²) in [5.74, 6) is -1.30. The molecule has 3 aromatic rings. The summed E-state index contributed by atoms with van der Waals surface area (Å²) in [6.07, 6.45) is -0.639. The molecule has 11 heteroatoms. The lowest BCUT2D eigenvalue weighted by Gasteiger charge is -2.34. The van der Waals surface area contributed by atoms with Gasteiger partial charge in [0.1, 0.15) is 23.1 Å². The number of fused-ring (bicyclic) bond motifs is 1. The number of nitrogens with one attached hydrogen (secondary N) is 2. The molecule has 2 amide bonds. The Bertz CT molecular complexity index is 1280. The van der Waals surface area contributed by atoms with Gasteiger partial charge < -0.3 is 19.5 Å². The van der Waals surface area contributed by atoms with Crippen molar-refractivity contribution >= 4 is 34.7 Å². The number of esters is 1. The molecular weight excluding hydrogens is 507 g/mol. The Labute approximate surface area is 226 Å². The van der Waals surface area contributed by atoms with Crippen molar-refractivity contribution in [3.8, 4) is 0 Å². The number of nitrogens with zero attached hydrogens (tertiary/aromatic N) is 2. The molecule has 0 saturated heterocycles. The van der Waals surface area contributed by atoms with Gasteiger partial charge in [-0.25, -0.2) is 18.8 Å². The van der Waals surface area contributed by atoms with Crippen molar-refractivity contribution in [3.05, 3.63) is 60.0 Å². The van der Waals surface area contributed by atoms with Gasteiger partial charge >= 0.3 is 18.2 Å². The Morgan fingerprint density at radius 1 is 0.974 bits per heavy atom. The van der Waals surface area contributed by atoms with Gasteiger partial charge in [0.2, 0.25) is 0 Å². The molecule has 2 aromatic carbocycles. The first-order chi connectivity index (χ1) is 18.2. The van der Waals surface area contributed by atoms with Crippen LogP contribution in [-0.4, -0.2) is 57.6 Å². The quantitative estimate of drug-likeness (QED) is 0.277. The summed E-state index contributed by atoms with van der Waals surface area (Å²) in [6, 6.07) is 9.03. The third-order valence-corrected chi connectivity index (χ3v) is 5.51. The highest BCUT2D eigenvalue weighted by Crippen LogP contribution is 2.31. The van der Waals surface area contributed by atoms with Gasteiger partial charge in [0.15, 0.2) is 0 Å². The van der Waals surface area contributed by atoms with E-state index >= 15 is 0 Å². The molecule has 2 N–H and O–H groups in total. The van der Waals surface area contributed by atoms with E-state index in [2.05, 4.69) is 15.5 Å². The second-order valence-corrected chi connectivity index (χ2v) is 11.0. The molecule has 39 heavy (non-hydrogen) atoms. The molecule has 1 aromatic heterocycles. The number of halogens is 1. The first-order valence-corrected chi connectivity index (χ1v) is 12.5. The minimum Gasteiger partial charge on any atom is -0.467 e. The number of aromatic nitrogens is 2. The molecule has 0 spiro atoms. The van der Waals surface area contributed by atoms with Crippen molar-refractivity contribution in [1.29, 1.82) is 0 Å². The van der Waals surface area contributed by atoms with Gasteiger partial charge in [-0.3, -0.25) is 5.10 Å². The predicted octanol–water partition coefficient (Wildman–Crippen LogP) is 5.96. The largest absolute Gasteiger partial charge is 0.467 e. The van der Waals surface area contributed by atoms with Crippen LogP contribution in [0.5, 0.6) is 0 Å². The van der Waals surface area contributed by atoms with Gasteiger partial charge in [-0.15, -0.1) is 0 Å². The number of H-pyrrole nitrogens is 1. The molecule has 10 nitrogen and oxygen atoms in total. The van der Waals surface area contributed by atoms with E-state index in [1.807, 2.05) is 18.2 Å². The number of rotatable bonds is 7. The summed E-state index contributed by atoms with van der Waals surface area (Å²) in [5, 5.41) is 11.1. The van der Waals surface area contributed by atoms with Gasteiger partial charge in [-0.1, -0.05) is 18.2 Å². The number of carbonyl (C=O) groups excluding carboxylic acids is 3. The van der Waals surface area contributed by atoms with Crippen molar-refractivity contribution in [2.75, 3.05) is 12.4 Å². The van der Waals surface area contributed by atoms with Crippen LogP contribution in [-0.2, 0) is 19.0 Å². The zero-order valence-electron chi connectivity index (χ0n) is 23.2. The Kier molecular flexibility index (Phi) is 8.83. The smallest absolute Gasteiger partial charge is 0.420 e. The number of hydrogen-bond acceptors (Lipinski definition) is 8. The van der Waals surface area contributed by atoms with E-state index in [0.29, 0.717) is 16.2 Å². The molecule has 0 aliphatic carbocycles. The summed E-state index contributed by atoms with van der Waals surface area (Å²) in [6.45, 7) is 9.83. The third-order valence-electron chi connectivity index (χ3n) is 5.51. The number of benzene rings is 2. The summed E-state index contributed by atoms with van der Waals surface area (Å²) in [5.41, 5.74) is 0.0959. The second kappa shape index (κ2) is 11.7.